The highest BCUT2D eigenvalue weighted by molar-refractivity contribution is 7.89. The number of methoxy groups -OCH3 is 1. The van der Waals surface area contributed by atoms with Crippen molar-refractivity contribution in [3.05, 3.63) is 51.6 Å². The summed E-state index contributed by atoms with van der Waals surface area (Å²) >= 11 is 1.05. The first kappa shape index (κ1) is 20.9. The fourth-order valence-corrected chi connectivity index (χ4v) is 6.14. The van der Waals surface area contributed by atoms with E-state index < -0.39 is 21.7 Å². The highest BCUT2D eigenvalue weighted by Crippen LogP contribution is 2.41. The van der Waals surface area contributed by atoms with Gasteiger partial charge in [-0.3, -0.25) is 9.36 Å². The molecule has 1 aromatic heterocycles. The second kappa shape index (κ2) is 7.40. The van der Waals surface area contributed by atoms with Gasteiger partial charge in [-0.05, 0) is 57.2 Å². The molecule has 1 atom stereocenters. The molecule has 4 rings (SSSR count). The van der Waals surface area contributed by atoms with Gasteiger partial charge in [0.15, 0.2) is 0 Å². The molecule has 7 nitrogen and oxygen atoms in total. The molecule has 3 aromatic rings. The number of aromatic nitrogens is 1. The lowest BCUT2D eigenvalue weighted by molar-refractivity contribution is 0.0700. The van der Waals surface area contributed by atoms with Crippen LogP contribution in [0, 0.1) is 0 Å². The number of nitrogens with zero attached hydrogens (tertiary/aromatic N) is 1. The summed E-state index contributed by atoms with van der Waals surface area (Å²) in [5, 5.41) is 0. The Bertz CT molecular complexity index is 1270. The van der Waals surface area contributed by atoms with Gasteiger partial charge in [0.25, 0.3) is 0 Å². The normalized spacial score (nSPS) is 18.1. The monoisotopic (exact) mass is 448 g/mol. The van der Waals surface area contributed by atoms with E-state index in [9.17, 15) is 13.2 Å². The van der Waals surface area contributed by atoms with Crippen LogP contribution in [0.2, 0.25) is 0 Å². The van der Waals surface area contributed by atoms with Crippen LogP contribution in [0.4, 0.5) is 0 Å². The van der Waals surface area contributed by atoms with Crippen LogP contribution in [0.25, 0.3) is 10.2 Å². The third-order valence-corrected chi connectivity index (χ3v) is 7.65. The molecule has 1 N–H and O–H groups in total. The molecule has 0 bridgehead atoms. The van der Waals surface area contributed by atoms with Crippen molar-refractivity contribution < 1.29 is 17.9 Å². The fourth-order valence-electron chi connectivity index (χ4n) is 3.83. The first-order valence-electron chi connectivity index (χ1n) is 9.66. The minimum Gasteiger partial charge on any atom is -0.497 e. The zero-order valence-corrected chi connectivity index (χ0v) is 18.9. The molecule has 0 saturated heterocycles. The molecule has 0 amide bonds. The average molecular weight is 449 g/mol. The topological polar surface area (TPSA) is 86.6 Å². The Morgan fingerprint density at radius 3 is 2.73 bits per heavy atom. The number of aryl methyl sites for hydroxylation is 1. The molecule has 0 fully saturated rings. The number of sulfonamides is 1. The van der Waals surface area contributed by atoms with Gasteiger partial charge in [-0.25, -0.2) is 13.1 Å². The van der Waals surface area contributed by atoms with Gasteiger partial charge in [0.1, 0.15) is 17.1 Å². The number of thiazole rings is 1. The van der Waals surface area contributed by atoms with Crippen molar-refractivity contribution >= 4 is 31.6 Å². The summed E-state index contributed by atoms with van der Waals surface area (Å²) in [5.74, 6) is 1.27. The van der Waals surface area contributed by atoms with Crippen molar-refractivity contribution in [2.24, 2.45) is 0 Å². The van der Waals surface area contributed by atoms with E-state index >= 15 is 0 Å². The summed E-state index contributed by atoms with van der Waals surface area (Å²) < 4.78 is 42.9. The van der Waals surface area contributed by atoms with Gasteiger partial charge in [0, 0.05) is 18.5 Å². The van der Waals surface area contributed by atoms with Gasteiger partial charge in [0.2, 0.25) is 10.0 Å². The van der Waals surface area contributed by atoms with Crippen LogP contribution in [0.5, 0.6) is 11.5 Å². The second-order valence-electron chi connectivity index (χ2n) is 7.89. The summed E-state index contributed by atoms with van der Waals surface area (Å²) in [4.78, 5) is 12.1. The number of rotatable bonds is 5. The Morgan fingerprint density at radius 2 is 2.03 bits per heavy atom. The van der Waals surface area contributed by atoms with E-state index in [0.29, 0.717) is 29.2 Å². The van der Waals surface area contributed by atoms with Crippen LogP contribution in [-0.2, 0) is 16.6 Å². The van der Waals surface area contributed by atoms with E-state index in [-0.39, 0.29) is 9.77 Å². The zero-order chi connectivity index (χ0) is 21.7. The Kier molecular flexibility index (Phi) is 5.16. The smallest absolute Gasteiger partial charge is 0.308 e. The molecule has 2 heterocycles. The van der Waals surface area contributed by atoms with Gasteiger partial charge in [-0.2, -0.15) is 0 Å². The lowest BCUT2D eigenvalue weighted by Crippen LogP contribution is -2.41. The second-order valence-corrected chi connectivity index (χ2v) is 10.6. The number of fused-ring (bicyclic) bond motifs is 2. The standard InChI is InChI=1S/C21H24N2O5S2/c1-5-23-17-8-7-14(11-19(17)29-20(23)24)30(25,26)22-16-12-21(2,3)28-18-9-6-13(27-4)10-15(16)18/h6-11,16,22H,5,12H2,1-4H3. The minimum absolute atomic E-state index is 0.0952. The van der Waals surface area contributed by atoms with Gasteiger partial charge in [-0.1, -0.05) is 11.3 Å². The Morgan fingerprint density at radius 1 is 1.27 bits per heavy atom. The van der Waals surface area contributed by atoms with Crippen molar-refractivity contribution in [2.75, 3.05) is 7.11 Å². The van der Waals surface area contributed by atoms with Crippen molar-refractivity contribution in [1.82, 2.24) is 9.29 Å². The average Bonchev–Trinajstić information content (AvgIpc) is 3.00. The molecule has 9 heteroatoms. The molecule has 30 heavy (non-hydrogen) atoms. The summed E-state index contributed by atoms with van der Waals surface area (Å²) in [6.07, 6.45) is 0.466. The first-order valence-corrected chi connectivity index (χ1v) is 12.0. The van der Waals surface area contributed by atoms with Crippen molar-refractivity contribution in [3.8, 4) is 11.5 Å². The summed E-state index contributed by atoms with van der Waals surface area (Å²) in [5.41, 5.74) is 0.949. The highest BCUT2D eigenvalue weighted by atomic mass is 32.2. The summed E-state index contributed by atoms with van der Waals surface area (Å²) in [6.45, 7) is 6.29. The van der Waals surface area contributed by atoms with Crippen LogP contribution < -0.4 is 19.1 Å². The summed E-state index contributed by atoms with van der Waals surface area (Å²) in [6, 6.07) is 9.71. The molecule has 0 spiro atoms. The SMILES string of the molecule is CCn1c(=O)sc2cc(S(=O)(=O)NC3CC(C)(C)Oc4ccc(OC)cc43)ccc21. The first-order chi connectivity index (χ1) is 14.1. The fraction of sp³-hybridized carbons (Fsp3) is 0.381. The molecule has 1 unspecified atom stereocenters. The molecular weight excluding hydrogens is 424 g/mol. The van der Waals surface area contributed by atoms with Gasteiger partial charge >= 0.3 is 4.87 Å². The molecule has 0 saturated carbocycles. The largest absolute Gasteiger partial charge is 0.497 e. The van der Waals surface area contributed by atoms with Gasteiger partial charge in [0.05, 0.1) is 28.3 Å². The van der Waals surface area contributed by atoms with E-state index in [4.69, 9.17) is 9.47 Å². The van der Waals surface area contributed by atoms with E-state index in [1.807, 2.05) is 20.8 Å². The van der Waals surface area contributed by atoms with Crippen molar-refractivity contribution in [3.63, 3.8) is 0 Å². The van der Waals surface area contributed by atoms with E-state index in [1.165, 1.54) is 0 Å². The van der Waals surface area contributed by atoms with Crippen LogP contribution in [0.3, 0.4) is 0 Å². The number of nitrogens with one attached hydrogen (secondary N) is 1. The van der Waals surface area contributed by atoms with Crippen molar-refractivity contribution in [1.29, 1.82) is 0 Å². The molecule has 0 aliphatic carbocycles. The van der Waals surface area contributed by atoms with Crippen LogP contribution >= 0.6 is 11.3 Å². The molecule has 1 aliphatic heterocycles. The highest BCUT2D eigenvalue weighted by Gasteiger charge is 2.36. The quantitative estimate of drug-likeness (QED) is 0.644. The zero-order valence-electron chi connectivity index (χ0n) is 17.3. The number of hydrogen-bond acceptors (Lipinski definition) is 6. The van der Waals surface area contributed by atoms with Crippen molar-refractivity contribution in [2.45, 2.75) is 50.3 Å². The number of ether oxygens (including phenoxy) is 2. The number of benzene rings is 2. The Balaban J connectivity index is 1.73. The third kappa shape index (κ3) is 3.73. The predicted octanol–water partition coefficient (Wildman–Crippen LogP) is 3.67. The van der Waals surface area contributed by atoms with E-state index in [1.54, 1.807) is 48.1 Å². The van der Waals surface area contributed by atoms with Gasteiger partial charge < -0.3 is 9.47 Å². The third-order valence-electron chi connectivity index (χ3n) is 5.24. The number of hydrogen-bond donors (Lipinski definition) is 1. The maximum atomic E-state index is 13.2. The van der Waals surface area contributed by atoms with Crippen LogP contribution in [0.1, 0.15) is 38.8 Å². The van der Waals surface area contributed by atoms with Crippen LogP contribution in [-0.4, -0.2) is 25.7 Å². The molecule has 1 aliphatic rings. The predicted molar refractivity (Wildman–Crippen MR) is 117 cm³/mol. The Hall–Kier alpha value is -2.36. The molecule has 2 aromatic carbocycles. The molecule has 160 valence electrons. The maximum absolute atomic E-state index is 13.2. The molecular formula is C21H24N2O5S2. The Labute approximate surface area is 179 Å². The van der Waals surface area contributed by atoms with E-state index in [2.05, 4.69) is 4.72 Å². The lowest BCUT2D eigenvalue weighted by atomic mass is 9.90. The minimum atomic E-state index is -3.83. The molecule has 0 radical (unpaired) electrons. The summed E-state index contributed by atoms with van der Waals surface area (Å²) in [7, 11) is -2.26. The lowest BCUT2D eigenvalue weighted by Gasteiger charge is -2.37. The van der Waals surface area contributed by atoms with Crippen LogP contribution in [0.15, 0.2) is 46.1 Å². The maximum Gasteiger partial charge on any atom is 0.308 e. The van der Waals surface area contributed by atoms with E-state index in [0.717, 1.165) is 22.4 Å². The van der Waals surface area contributed by atoms with Gasteiger partial charge in [-0.15, -0.1) is 0 Å².